The second-order valence-corrected chi connectivity index (χ2v) is 4.43. The minimum absolute atomic E-state index is 0.188. The average Bonchev–Trinajstić information content (AvgIpc) is 2.23. The number of hydrogen-bond acceptors (Lipinski definition) is 2. The second kappa shape index (κ2) is 5.59. The zero-order valence-corrected chi connectivity index (χ0v) is 10.8. The molecular weight excluding hydrogens is 280 g/mol. The van der Waals surface area contributed by atoms with E-state index >= 15 is 0 Å². The Bertz CT molecular complexity index is 385. The van der Waals surface area contributed by atoms with Gasteiger partial charge >= 0.3 is 0 Å². The summed E-state index contributed by atoms with van der Waals surface area (Å²) in [5, 5.41) is 0. The van der Waals surface area contributed by atoms with Crippen LogP contribution in [0.15, 0.2) is 10.5 Å². The van der Waals surface area contributed by atoms with E-state index in [9.17, 15) is 8.78 Å². The number of rotatable bonds is 4. The van der Waals surface area contributed by atoms with E-state index < -0.39 is 11.6 Å². The third-order valence-electron chi connectivity index (χ3n) is 2.46. The Kier molecular flexibility index (Phi) is 4.68. The molecule has 1 aromatic carbocycles. The van der Waals surface area contributed by atoms with E-state index in [0.717, 1.165) is 6.07 Å². The van der Waals surface area contributed by atoms with Crippen molar-refractivity contribution >= 4 is 15.9 Å². The van der Waals surface area contributed by atoms with Gasteiger partial charge < -0.3 is 10.5 Å². The highest BCUT2D eigenvalue weighted by Gasteiger charge is 2.22. The van der Waals surface area contributed by atoms with Gasteiger partial charge in [0.2, 0.25) is 0 Å². The van der Waals surface area contributed by atoms with Crippen molar-refractivity contribution in [1.82, 2.24) is 0 Å². The van der Waals surface area contributed by atoms with Crippen LogP contribution in [-0.2, 0) is 0 Å². The number of methoxy groups -OCH3 is 1. The fourth-order valence-corrected chi connectivity index (χ4v) is 2.22. The topological polar surface area (TPSA) is 35.2 Å². The smallest absolute Gasteiger partial charge is 0.166 e. The molecular formula is C11H14BrF2NO. The van der Waals surface area contributed by atoms with Crippen LogP contribution < -0.4 is 10.5 Å². The van der Waals surface area contributed by atoms with Crippen LogP contribution >= 0.6 is 15.9 Å². The van der Waals surface area contributed by atoms with E-state index in [4.69, 9.17) is 10.5 Å². The third-order valence-corrected chi connectivity index (χ3v) is 3.05. The average molecular weight is 294 g/mol. The van der Waals surface area contributed by atoms with Gasteiger partial charge in [-0.2, -0.15) is 0 Å². The van der Waals surface area contributed by atoms with Crippen molar-refractivity contribution in [2.45, 2.75) is 19.3 Å². The zero-order valence-electron chi connectivity index (χ0n) is 9.19. The maximum absolute atomic E-state index is 13.7. The van der Waals surface area contributed by atoms with E-state index in [1.807, 2.05) is 0 Å². The molecule has 1 rings (SSSR count). The van der Waals surface area contributed by atoms with Crippen LogP contribution in [0.5, 0.6) is 5.75 Å². The molecule has 16 heavy (non-hydrogen) atoms. The molecule has 0 heterocycles. The van der Waals surface area contributed by atoms with Crippen molar-refractivity contribution in [3.05, 3.63) is 27.7 Å². The first-order valence-electron chi connectivity index (χ1n) is 4.94. The first kappa shape index (κ1) is 13.4. The lowest BCUT2D eigenvalue weighted by Gasteiger charge is -2.17. The summed E-state index contributed by atoms with van der Waals surface area (Å²) in [6.45, 7) is 2.21. The molecule has 1 unspecified atom stereocenters. The normalized spacial score (nSPS) is 12.6. The van der Waals surface area contributed by atoms with E-state index in [1.165, 1.54) is 7.11 Å². The van der Waals surface area contributed by atoms with Crippen LogP contribution in [0.3, 0.4) is 0 Å². The van der Waals surface area contributed by atoms with Crippen molar-refractivity contribution in [3.8, 4) is 5.75 Å². The summed E-state index contributed by atoms with van der Waals surface area (Å²) in [5.74, 6) is -1.60. The summed E-state index contributed by atoms with van der Waals surface area (Å²) in [6, 6.07) is 1.06. The van der Waals surface area contributed by atoms with Crippen LogP contribution in [-0.4, -0.2) is 13.7 Å². The van der Waals surface area contributed by atoms with Crippen molar-refractivity contribution < 1.29 is 13.5 Å². The van der Waals surface area contributed by atoms with Crippen LogP contribution in [0.2, 0.25) is 0 Å². The minimum atomic E-state index is -0.883. The molecule has 0 aliphatic carbocycles. The molecule has 90 valence electrons. The summed E-state index contributed by atoms with van der Waals surface area (Å²) < 4.78 is 32.4. The van der Waals surface area contributed by atoms with Gasteiger partial charge in [-0.15, -0.1) is 0 Å². The van der Waals surface area contributed by atoms with Gasteiger partial charge in [0.25, 0.3) is 0 Å². The Morgan fingerprint density at radius 1 is 1.50 bits per heavy atom. The summed E-state index contributed by atoms with van der Waals surface area (Å²) in [5.41, 5.74) is 5.65. The van der Waals surface area contributed by atoms with E-state index in [1.54, 1.807) is 6.92 Å². The molecule has 0 bridgehead atoms. The molecule has 0 aliphatic heterocycles. The molecule has 0 amide bonds. The first-order chi connectivity index (χ1) is 7.52. The predicted octanol–water partition coefficient (Wildman–Crippen LogP) is 3.19. The molecule has 0 saturated carbocycles. The highest BCUT2D eigenvalue weighted by Crippen LogP contribution is 2.38. The molecule has 0 radical (unpaired) electrons. The summed E-state index contributed by atoms with van der Waals surface area (Å²) in [4.78, 5) is 0. The maximum atomic E-state index is 13.7. The predicted molar refractivity (Wildman–Crippen MR) is 62.7 cm³/mol. The lowest BCUT2D eigenvalue weighted by Crippen LogP contribution is -2.09. The Balaban J connectivity index is 3.32. The van der Waals surface area contributed by atoms with Gasteiger partial charge in [-0.3, -0.25) is 0 Å². The maximum Gasteiger partial charge on any atom is 0.166 e. The highest BCUT2D eigenvalue weighted by atomic mass is 79.9. The number of halogens is 3. The fourth-order valence-electron chi connectivity index (χ4n) is 1.64. The summed E-state index contributed by atoms with van der Waals surface area (Å²) in [7, 11) is 1.43. The van der Waals surface area contributed by atoms with Gasteiger partial charge in [0.1, 0.15) is 5.75 Å². The number of hydrogen-bond donors (Lipinski definition) is 1. The van der Waals surface area contributed by atoms with Crippen molar-refractivity contribution in [2.75, 3.05) is 13.7 Å². The SMILES string of the molecule is COc1c(Br)cc(F)c(F)c1C(C)CCN. The fraction of sp³-hybridized carbons (Fsp3) is 0.455. The molecule has 5 heteroatoms. The first-order valence-corrected chi connectivity index (χ1v) is 5.73. The quantitative estimate of drug-likeness (QED) is 0.866. The van der Waals surface area contributed by atoms with E-state index in [-0.39, 0.29) is 11.5 Å². The van der Waals surface area contributed by atoms with Crippen molar-refractivity contribution in [2.24, 2.45) is 5.73 Å². The van der Waals surface area contributed by atoms with Gasteiger partial charge in [-0.25, -0.2) is 8.78 Å². The molecule has 0 aliphatic rings. The Morgan fingerprint density at radius 2 is 2.12 bits per heavy atom. The Morgan fingerprint density at radius 3 is 2.62 bits per heavy atom. The summed E-state index contributed by atoms with van der Waals surface area (Å²) >= 11 is 3.15. The molecule has 0 spiro atoms. The van der Waals surface area contributed by atoms with Gasteiger partial charge in [0, 0.05) is 5.56 Å². The summed E-state index contributed by atoms with van der Waals surface area (Å²) in [6.07, 6.45) is 0.573. The van der Waals surface area contributed by atoms with Gasteiger partial charge in [-0.1, -0.05) is 6.92 Å². The molecule has 0 aromatic heterocycles. The molecule has 1 aromatic rings. The van der Waals surface area contributed by atoms with Crippen LogP contribution in [0.25, 0.3) is 0 Å². The molecule has 2 nitrogen and oxygen atoms in total. The number of benzene rings is 1. The third kappa shape index (κ3) is 2.52. The molecule has 1 atom stereocenters. The lowest BCUT2D eigenvalue weighted by molar-refractivity contribution is 0.388. The van der Waals surface area contributed by atoms with Crippen LogP contribution in [0.1, 0.15) is 24.8 Å². The Hall–Kier alpha value is -0.680. The standard InChI is InChI=1S/C11H14BrF2NO/c1-6(3-4-15)9-10(14)8(13)5-7(12)11(9)16-2/h5-6H,3-4,15H2,1-2H3. The van der Waals surface area contributed by atoms with Gasteiger partial charge in [0.15, 0.2) is 11.6 Å². The largest absolute Gasteiger partial charge is 0.495 e. The van der Waals surface area contributed by atoms with E-state index in [0.29, 0.717) is 23.2 Å². The molecule has 0 fully saturated rings. The molecule has 2 N–H and O–H groups in total. The van der Waals surface area contributed by atoms with E-state index in [2.05, 4.69) is 15.9 Å². The zero-order chi connectivity index (χ0) is 12.3. The number of ether oxygens (including phenoxy) is 1. The molecule has 0 saturated heterocycles. The van der Waals surface area contributed by atoms with Gasteiger partial charge in [0.05, 0.1) is 11.6 Å². The van der Waals surface area contributed by atoms with Gasteiger partial charge in [-0.05, 0) is 40.9 Å². The Labute approximate surface area is 102 Å². The monoisotopic (exact) mass is 293 g/mol. The second-order valence-electron chi connectivity index (χ2n) is 3.58. The van der Waals surface area contributed by atoms with Crippen LogP contribution in [0, 0.1) is 11.6 Å². The highest BCUT2D eigenvalue weighted by molar-refractivity contribution is 9.10. The minimum Gasteiger partial charge on any atom is -0.495 e. The van der Waals surface area contributed by atoms with Crippen molar-refractivity contribution in [3.63, 3.8) is 0 Å². The lowest BCUT2D eigenvalue weighted by atomic mass is 9.96. The van der Waals surface area contributed by atoms with Crippen LogP contribution in [0.4, 0.5) is 8.78 Å². The number of nitrogens with two attached hydrogens (primary N) is 1. The van der Waals surface area contributed by atoms with Crippen molar-refractivity contribution in [1.29, 1.82) is 0 Å².